The minimum Gasteiger partial charge on any atom is -0.478 e. The summed E-state index contributed by atoms with van der Waals surface area (Å²) in [5.74, 6) is -6.69. The molecular weight excluding hydrogens is 490 g/mol. The van der Waals surface area contributed by atoms with Gasteiger partial charge in [-0.2, -0.15) is 5.26 Å². The number of carboxylic acid groups (broad SMARTS) is 4. The van der Waals surface area contributed by atoms with Gasteiger partial charge in [-0.15, -0.1) is 11.6 Å². The molecule has 0 aliphatic rings. The first-order valence-electron chi connectivity index (χ1n) is 9.13. The zero-order valence-corrected chi connectivity index (χ0v) is 18.2. The van der Waals surface area contributed by atoms with E-state index in [-0.39, 0.29) is 39.5 Å². The molecule has 0 unspecified atom stereocenters. The summed E-state index contributed by atoms with van der Waals surface area (Å²) < 4.78 is 0. The fraction of sp³-hybridized carbons (Fsp3) is 0.0952. The average molecular weight is 506 g/mol. The number of carbonyl (C=O) groups is 6. The molecule has 35 heavy (non-hydrogen) atoms. The van der Waals surface area contributed by atoms with Gasteiger partial charge in [-0.1, -0.05) is 0 Å². The molecular formula is C21H16ClN3O10. The molecule has 182 valence electrons. The Balaban J connectivity index is 0.000000351. The Bertz CT molecular complexity index is 1170. The maximum Gasteiger partial charge on any atom is 0.335 e. The van der Waals surface area contributed by atoms with Crippen molar-refractivity contribution in [3.8, 4) is 6.07 Å². The number of nitrogens with one attached hydrogen (secondary N) is 2. The van der Waals surface area contributed by atoms with Crippen LogP contribution in [-0.2, 0) is 9.59 Å². The summed E-state index contributed by atoms with van der Waals surface area (Å²) in [7, 11) is 0. The number of carbonyl (C=O) groups excluding carboxylic acids is 2. The monoisotopic (exact) mass is 505 g/mol. The quantitative estimate of drug-likeness (QED) is 0.284. The van der Waals surface area contributed by atoms with Crippen LogP contribution in [0.15, 0.2) is 36.4 Å². The molecule has 2 aromatic carbocycles. The largest absolute Gasteiger partial charge is 0.478 e. The topological polar surface area (TPSA) is 231 Å². The third kappa shape index (κ3) is 9.20. The predicted molar refractivity (Wildman–Crippen MR) is 119 cm³/mol. The van der Waals surface area contributed by atoms with E-state index in [2.05, 4.69) is 10.6 Å². The maximum atomic E-state index is 11.1. The summed E-state index contributed by atoms with van der Waals surface area (Å²) in [6, 6.07) is 8.13. The molecule has 2 rings (SSSR count). The zero-order chi connectivity index (χ0) is 26.7. The molecule has 0 spiro atoms. The van der Waals surface area contributed by atoms with Crippen LogP contribution in [0.25, 0.3) is 0 Å². The lowest BCUT2D eigenvalue weighted by Crippen LogP contribution is -2.14. The number of amides is 2. The predicted octanol–water partition coefficient (Wildman–Crippen LogP) is 2.20. The van der Waals surface area contributed by atoms with Crippen LogP contribution >= 0.6 is 11.6 Å². The van der Waals surface area contributed by atoms with E-state index >= 15 is 0 Å². The lowest BCUT2D eigenvalue weighted by Gasteiger charge is -2.06. The summed E-state index contributed by atoms with van der Waals surface area (Å²) in [5, 5.41) is 48.0. The van der Waals surface area contributed by atoms with Gasteiger partial charge >= 0.3 is 23.9 Å². The molecule has 0 saturated heterocycles. The number of rotatable bonds is 8. The van der Waals surface area contributed by atoms with Crippen LogP contribution in [0.4, 0.5) is 11.4 Å². The molecule has 0 atom stereocenters. The molecule has 0 heterocycles. The molecule has 13 nitrogen and oxygen atoms in total. The molecule has 0 aliphatic heterocycles. The van der Waals surface area contributed by atoms with Crippen LogP contribution in [-0.4, -0.2) is 62.0 Å². The summed E-state index contributed by atoms with van der Waals surface area (Å²) in [6.45, 7) is 0. The number of aromatic carboxylic acids is 4. The SMILES string of the molecule is N#CCC(=O)Nc1cc(C(=O)O)cc(C(=O)O)c1.O=C(CCl)Nc1cc(C(=O)O)cc(C(=O)O)c1. The second kappa shape index (κ2) is 12.9. The van der Waals surface area contributed by atoms with Crippen molar-refractivity contribution in [3.05, 3.63) is 58.7 Å². The number of alkyl halides is 1. The van der Waals surface area contributed by atoms with Crippen molar-refractivity contribution in [2.24, 2.45) is 0 Å². The molecule has 14 heteroatoms. The lowest BCUT2D eigenvalue weighted by atomic mass is 10.1. The lowest BCUT2D eigenvalue weighted by molar-refractivity contribution is -0.115. The van der Waals surface area contributed by atoms with Crippen LogP contribution in [0.2, 0.25) is 0 Å². The standard InChI is InChI=1S/C11H8N2O5.C10H8ClNO5/c12-2-1-9(14)13-8-4-6(10(15)16)3-7(5-8)11(17)18;11-4-8(13)12-7-2-5(9(14)15)1-6(3-7)10(16)17/h3-5H,1H2,(H,13,14)(H,15,16)(H,17,18);1-3H,4H2,(H,12,13)(H,14,15)(H,16,17). The molecule has 6 N–H and O–H groups in total. The van der Waals surface area contributed by atoms with Crippen molar-refractivity contribution in [2.75, 3.05) is 16.5 Å². The van der Waals surface area contributed by atoms with E-state index < -0.39 is 42.1 Å². The van der Waals surface area contributed by atoms with Crippen molar-refractivity contribution >= 4 is 58.7 Å². The van der Waals surface area contributed by atoms with Gasteiger partial charge in [-0.25, -0.2) is 19.2 Å². The smallest absolute Gasteiger partial charge is 0.335 e. The fourth-order valence-electron chi connectivity index (χ4n) is 2.36. The minimum atomic E-state index is -1.31. The number of benzene rings is 2. The van der Waals surface area contributed by atoms with E-state index in [1.807, 2.05) is 0 Å². The average Bonchev–Trinajstić information content (AvgIpc) is 2.78. The molecule has 0 saturated carbocycles. The molecule has 0 bridgehead atoms. The molecule has 2 aromatic rings. The van der Waals surface area contributed by atoms with Crippen LogP contribution < -0.4 is 10.6 Å². The molecule has 0 fully saturated rings. The third-order valence-electron chi connectivity index (χ3n) is 3.78. The van der Waals surface area contributed by atoms with Gasteiger partial charge in [0.2, 0.25) is 11.8 Å². The summed E-state index contributed by atoms with van der Waals surface area (Å²) >= 11 is 5.26. The normalized spacial score (nSPS) is 9.49. The van der Waals surface area contributed by atoms with Gasteiger partial charge in [-0.05, 0) is 36.4 Å². The van der Waals surface area contributed by atoms with E-state index in [0.29, 0.717) is 0 Å². The van der Waals surface area contributed by atoms with Crippen LogP contribution in [0.1, 0.15) is 47.9 Å². The second-order valence-electron chi connectivity index (χ2n) is 6.38. The Morgan fingerprint density at radius 3 is 1.23 bits per heavy atom. The Hall–Kier alpha value is -4.96. The Morgan fingerprint density at radius 1 is 0.657 bits per heavy atom. The highest BCUT2D eigenvalue weighted by molar-refractivity contribution is 6.29. The fourth-order valence-corrected chi connectivity index (χ4v) is 2.43. The Labute approximate surface area is 201 Å². The van der Waals surface area contributed by atoms with Gasteiger partial charge in [0.15, 0.2) is 0 Å². The van der Waals surface area contributed by atoms with Crippen molar-refractivity contribution < 1.29 is 49.2 Å². The van der Waals surface area contributed by atoms with Crippen molar-refractivity contribution in [1.82, 2.24) is 0 Å². The van der Waals surface area contributed by atoms with Crippen molar-refractivity contribution in [2.45, 2.75) is 6.42 Å². The number of carboxylic acids is 4. The number of halogens is 1. The van der Waals surface area contributed by atoms with E-state index in [1.54, 1.807) is 6.07 Å². The number of nitrogens with zero attached hydrogens (tertiary/aromatic N) is 1. The highest BCUT2D eigenvalue weighted by atomic mass is 35.5. The first kappa shape index (κ1) is 28.1. The van der Waals surface area contributed by atoms with E-state index in [9.17, 15) is 28.8 Å². The van der Waals surface area contributed by atoms with Crippen LogP contribution in [0, 0.1) is 11.3 Å². The third-order valence-corrected chi connectivity index (χ3v) is 4.03. The van der Waals surface area contributed by atoms with Gasteiger partial charge < -0.3 is 31.1 Å². The first-order chi connectivity index (χ1) is 16.4. The molecule has 0 aromatic heterocycles. The maximum absolute atomic E-state index is 11.1. The van der Waals surface area contributed by atoms with Gasteiger partial charge in [0.25, 0.3) is 0 Å². The highest BCUT2D eigenvalue weighted by Crippen LogP contribution is 2.17. The summed E-state index contributed by atoms with van der Waals surface area (Å²) in [4.78, 5) is 65.2. The van der Waals surface area contributed by atoms with E-state index in [4.69, 9.17) is 37.3 Å². The van der Waals surface area contributed by atoms with Gasteiger partial charge in [0.1, 0.15) is 12.3 Å². The van der Waals surface area contributed by atoms with Crippen LogP contribution in [0.5, 0.6) is 0 Å². The number of hydrogen-bond donors (Lipinski definition) is 6. The Morgan fingerprint density at radius 2 is 0.971 bits per heavy atom. The summed E-state index contributed by atoms with van der Waals surface area (Å²) in [6.07, 6.45) is -0.403. The number of anilines is 2. The van der Waals surface area contributed by atoms with Crippen molar-refractivity contribution in [3.63, 3.8) is 0 Å². The molecule has 0 aliphatic carbocycles. The van der Waals surface area contributed by atoms with Gasteiger partial charge in [0, 0.05) is 11.4 Å². The molecule has 0 radical (unpaired) electrons. The van der Waals surface area contributed by atoms with Crippen LogP contribution in [0.3, 0.4) is 0 Å². The minimum absolute atomic E-state index is 0.0209. The van der Waals surface area contributed by atoms with Gasteiger partial charge in [-0.3, -0.25) is 9.59 Å². The number of hydrogen-bond acceptors (Lipinski definition) is 7. The van der Waals surface area contributed by atoms with Gasteiger partial charge in [0.05, 0.1) is 28.3 Å². The van der Waals surface area contributed by atoms with E-state index in [0.717, 1.165) is 36.4 Å². The highest BCUT2D eigenvalue weighted by Gasteiger charge is 2.13. The van der Waals surface area contributed by atoms with E-state index in [1.165, 1.54) is 0 Å². The zero-order valence-electron chi connectivity index (χ0n) is 17.4. The number of nitriles is 1. The Kier molecular flexibility index (Phi) is 10.4. The first-order valence-corrected chi connectivity index (χ1v) is 9.67. The molecule has 2 amide bonds. The van der Waals surface area contributed by atoms with Crippen molar-refractivity contribution in [1.29, 1.82) is 5.26 Å². The second-order valence-corrected chi connectivity index (χ2v) is 6.65. The summed E-state index contributed by atoms with van der Waals surface area (Å²) in [5.41, 5.74) is -0.880.